The van der Waals surface area contributed by atoms with Gasteiger partial charge in [0.1, 0.15) is 11.6 Å². The Bertz CT molecular complexity index is 646. The predicted molar refractivity (Wildman–Crippen MR) is 89.4 cm³/mol. The zero-order chi connectivity index (χ0) is 16.5. The lowest BCUT2D eigenvalue weighted by Crippen LogP contribution is -2.30. The van der Waals surface area contributed by atoms with E-state index in [0.29, 0.717) is 31.0 Å². The Morgan fingerprint density at radius 1 is 1.17 bits per heavy atom. The van der Waals surface area contributed by atoms with Crippen LogP contribution in [0, 0.1) is 5.82 Å². The summed E-state index contributed by atoms with van der Waals surface area (Å²) in [5.41, 5.74) is 1.47. The fourth-order valence-corrected chi connectivity index (χ4v) is 2.09. The van der Waals surface area contributed by atoms with Crippen LogP contribution in [0.25, 0.3) is 0 Å². The number of hydrogen-bond donors (Lipinski definition) is 2. The number of halogens is 1. The van der Waals surface area contributed by atoms with Crippen LogP contribution >= 0.6 is 0 Å². The molecule has 2 rings (SSSR count). The maximum absolute atomic E-state index is 13.1. The first kappa shape index (κ1) is 16.8. The van der Waals surface area contributed by atoms with Gasteiger partial charge >= 0.3 is 6.03 Å². The highest BCUT2D eigenvalue weighted by atomic mass is 19.1. The van der Waals surface area contributed by atoms with Gasteiger partial charge in [-0.15, -0.1) is 0 Å². The molecule has 4 nitrogen and oxygen atoms in total. The third-order valence-corrected chi connectivity index (χ3v) is 3.19. The molecule has 0 saturated carbocycles. The van der Waals surface area contributed by atoms with Crippen molar-refractivity contribution in [1.82, 2.24) is 5.32 Å². The fourth-order valence-electron chi connectivity index (χ4n) is 2.09. The van der Waals surface area contributed by atoms with E-state index in [1.807, 2.05) is 31.2 Å². The first-order chi connectivity index (χ1) is 11.2. The first-order valence-electron chi connectivity index (χ1n) is 7.70. The van der Waals surface area contributed by atoms with E-state index in [9.17, 15) is 9.18 Å². The minimum absolute atomic E-state index is 0.269. The van der Waals surface area contributed by atoms with E-state index >= 15 is 0 Å². The molecule has 5 heteroatoms. The average Bonchev–Trinajstić information content (AvgIpc) is 2.54. The van der Waals surface area contributed by atoms with Gasteiger partial charge in [-0.1, -0.05) is 31.2 Å². The van der Waals surface area contributed by atoms with Gasteiger partial charge in [0.15, 0.2) is 0 Å². The molecule has 0 aromatic heterocycles. The molecule has 0 aliphatic rings. The van der Waals surface area contributed by atoms with Crippen molar-refractivity contribution in [2.75, 3.05) is 18.5 Å². The molecule has 0 aliphatic carbocycles. The van der Waals surface area contributed by atoms with E-state index < -0.39 is 0 Å². The monoisotopic (exact) mass is 316 g/mol. The highest BCUT2D eigenvalue weighted by Gasteiger charge is 2.07. The lowest BCUT2D eigenvalue weighted by Gasteiger charge is -2.12. The summed E-state index contributed by atoms with van der Waals surface area (Å²) in [6, 6.07) is 13.3. The van der Waals surface area contributed by atoms with E-state index in [4.69, 9.17) is 4.74 Å². The van der Waals surface area contributed by atoms with Crippen LogP contribution in [0.1, 0.15) is 18.9 Å². The number of nitrogens with one attached hydrogen (secondary N) is 2. The minimum atomic E-state index is -0.311. The summed E-state index contributed by atoms with van der Waals surface area (Å²) in [5, 5.41) is 5.52. The summed E-state index contributed by atoms with van der Waals surface area (Å²) >= 11 is 0. The maximum Gasteiger partial charge on any atom is 0.319 e. The molecule has 0 aliphatic heterocycles. The van der Waals surface area contributed by atoms with Crippen molar-refractivity contribution in [3.8, 4) is 5.75 Å². The Kier molecular flexibility index (Phi) is 6.41. The lowest BCUT2D eigenvalue weighted by molar-refractivity contribution is 0.252. The second-order valence-electron chi connectivity index (χ2n) is 5.11. The van der Waals surface area contributed by atoms with E-state index in [1.165, 1.54) is 12.1 Å². The van der Waals surface area contributed by atoms with Gasteiger partial charge in [-0.2, -0.15) is 0 Å². The van der Waals surface area contributed by atoms with Crippen LogP contribution in [0.15, 0.2) is 48.5 Å². The molecule has 2 amide bonds. The second-order valence-corrected chi connectivity index (χ2v) is 5.11. The van der Waals surface area contributed by atoms with Crippen molar-refractivity contribution in [2.45, 2.75) is 19.8 Å². The molecule has 0 radical (unpaired) electrons. The van der Waals surface area contributed by atoms with E-state index in [2.05, 4.69) is 10.6 Å². The number of anilines is 1. The molecule has 0 heterocycles. The maximum atomic E-state index is 13.1. The smallest absolute Gasteiger partial charge is 0.319 e. The van der Waals surface area contributed by atoms with Gasteiger partial charge in [-0.3, -0.25) is 0 Å². The summed E-state index contributed by atoms with van der Waals surface area (Å²) in [6.45, 7) is 3.04. The van der Waals surface area contributed by atoms with Gasteiger partial charge < -0.3 is 15.4 Å². The molecule has 0 fully saturated rings. The van der Waals surface area contributed by atoms with Crippen molar-refractivity contribution < 1.29 is 13.9 Å². The molecule has 0 unspecified atom stereocenters. The zero-order valence-electron chi connectivity index (χ0n) is 13.1. The van der Waals surface area contributed by atoms with Crippen LogP contribution in [0.3, 0.4) is 0 Å². The van der Waals surface area contributed by atoms with E-state index in [0.717, 1.165) is 12.0 Å². The number of carbonyl (C=O) groups is 1. The van der Waals surface area contributed by atoms with Crippen LogP contribution in [-0.4, -0.2) is 19.2 Å². The van der Waals surface area contributed by atoms with Crippen LogP contribution in [0.4, 0.5) is 14.9 Å². The fraction of sp³-hybridized carbons (Fsp3) is 0.278. The van der Waals surface area contributed by atoms with Gasteiger partial charge in [-0.25, -0.2) is 9.18 Å². The van der Waals surface area contributed by atoms with E-state index in [-0.39, 0.29) is 11.8 Å². The third-order valence-electron chi connectivity index (χ3n) is 3.19. The van der Waals surface area contributed by atoms with Gasteiger partial charge in [0.2, 0.25) is 0 Å². The molecule has 0 saturated heterocycles. The molecule has 0 spiro atoms. The number of benzene rings is 2. The van der Waals surface area contributed by atoms with Crippen LogP contribution < -0.4 is 15.4 Å². The van der Waals surface area contributed by atoms with Gasteiger partial charge in [0.05, 0.1) is 12.3 Å². The van der Waals surface area contributed by atoms with Gasteiger partial charge in [0.25, 0.3) is 0 Å². The average molecular weight is 316 g/mol. The van der Waals surface area contributed by atoms with Crippen molar-refractivity contribution in [1.29, 1.82) is 0 Å². The number of hydrogen-bond acceptors (Lipinski definition) is 2. The van der Waals surface area contributed by atoms with Gasteiger partial charge in [-0.05, 0) is 42.7 Å². The molecule has 0 atom stereocenters. The first-order valence-corrected chi connectivity index (χ1v) is 7.70. The Hall–Kier alpha value is -2.56. The minimum Gasteiger partial charge on any atom is -0.491 e. The summed E-state index contributed by atoms with van der Waals surface area (Å²) in [6.07, 6.45) is 1.47. The van der Waals surface area contributed by atoms with Crippen LogP contribution in [0.5, 0.6) is 5.75 Å². The van der Waals surface area contributed by atoms with Crippen molar-refractivity contribution >= 4 is 11.7 Å². The predicted octanol–water partition coefficient (Wildman–Crippen LogP) is 3.98. The van der Waals surface area contributed by atoms with Crippen LogP contribution in [0.2, 0.25) is 0 Å². The normalized spacial score (nSPS) is 10.2. The lowest BCUT2D eigenvalue weighted by atomic mass is 10.1. The van der Waals surface area contributed by atoms with Gasteiger partial charge in [0, 0.05) is 6.54 Å². The summed E-state index contributed by atoms with van der Waals surface area (Å²) < 4.78 is 18.7. The molecule has 2 aromatic carbocycles. The highest BCUT2D eigenvalue weighted by molar-refractivity contribution is 5.90. The number of para-hydroxylation sites is 2. The van der Waals surface area contributed by atoms with Crippen molar-refractivity contribution in [2.24, 2.45) is 0 Å². The molecule has 2 aromatic rings. The van der Waals surface area contributed by atoms with Crippen molar-refractivity contribution in [3.05, 3.63) is 59.9 Å². The zero-order valence-corrected chi connectivity index (χ0v) is 13.1. The quantitative estimate of drug-likeness (QED) is 0.812. The number of urea groups is 1. The second kappa shape index (κ2) is 8.78. The summed E-state index contributed by atoms with van der Waals surface area (Å²) in [5.74, 6) is 0.378. The molecular weight excluding hydrogens is 295 g/mol. The number of ether oxygens (including phenoxy) is 1. The SMILES string of the molecule is CCCOc1ccccc1NC(=O)NCCc1cccc(F)c1. The molecule has 2 N–H and O–H groups in total. The highest BCUT2D eigenvalue weighted by Crippen LogP contribution is 2.23. The molecule has 23 heavy (non-hydrogen) atoms. The molecule has 122 valence electrons. The number of rotatable bonds is 7. The topological polar surface area (TPSA) is 50.4 Å². The largest absolute Gasteiger partial charge is 0.491 e. The third kappa shape index (κ3) is 5.62. The van der Waals surface area contributed by atoms with Crippen LogP contribution in [-0.2, 0) is 6.42 Å². The summed E-state index contributed by atoms with van der Waals surface area (Å²) in [4.78, 5) is 11.9. The Morgan fingerprint density at radius 2 is 2.00 bits per heavy atom. The Labute approximate surface area is 135 Å². The number of carbonyl (C=O) groups excluding carboxylic acids is 1. The van der Waals surface area contributed by atoms with Crippen molar-refractivity contribution in [3.63, 3.8) is 0 Å². The van der Waals surface area contributed by atoms with E-state index in [1.54, 1.807) is 12.1 Å². The molecule has 0 bridgehead atoms. The Morgan fingerprint density at radius 3 is 2.78 bits per heavy atom. The standard InChI is InChI=1S/C18H21FN2O2/c1-2-12-23-17-9-4-3-8-16(17)21-18(22)20-11-10-14-6-5-7-15(19)13-14/h3-9,13H,2,10-12H2,1H3,(H2,20,21,22). The number of amides is 2. The summed E-state index contributed by atoms with van der Waals surface area (Å²) in [7, 11) is 0. The Balaban J connectivity index is 1.83. The molecular formula is C18H21FN2O2.